The predicted octanol–water partition coefficient (Wildman–Crippen LogP) is 3.19. The summed E-state index contributed by atoms with van der Waals surface area (Å²) in [5, 5.41) is 0. The number of rotatable bonds is 5. The number of ether oxygens (including phenoxy) is 1. The van der Waals surface area contributed by atoms with Gasteiger partial charge in [0.25, 0.3) is 0 Å². The Morgan fingerprint density at radius 3 is 2.23 bits per heavy atom. The zero-order chi connectivity index (χ0) is 15.0. The van der Waals surface area contributed by atoms with Gasteiger partial charge in [-0.25, -0.2) is 0 Å². The van der Waals surface area contributed by atoms with E-state index < -0.39 is 0 Å². The van der Waals surface area contributed by atoms with Crippen molar-refractivity contribution in [1.82, 2.24) is 0 Å². The molecule has 1 aliphatic rings. The first kappa shape index (κ1) is 15.1. The molecule has 0 unspecified atom stereocenters. The summed E-state index contributed by atoms with van der Waals surface area (Å²) in [7, 11) is 0. The van der Waals surface area contributed by atoms with Crippen LogP contribution in [0.4, 0.5) is 0 Å². The Labute approximate surface area is 133 Å². The van der Waals surface area contributed by atoms with E-state index in [1.807, 2.05) is 0 Å². The van der Waals surface area contributed by atoms with Gasteiger partial charge in [0.05, 0.1) is 13.1 Å². The Bertz CT molecular complexity index is 559. The fraction of sp³-hybridized carbons (Fsp3) is 0.400. The van der Waals surface area contributed by atoms with E-state index in [2.05, 4.69) is 54.6 Å². The van der Waals surface area contributed by atoms with Crippen LogP contribution in [0.2, 0.25) is 0 Å². The molecule has 0 bridgehead atoms. The van der Waals surface area contributed by atoms with E-state index in [4.69, 9.17) is 4.74 Å². The van der Waals surface area contributed by atoms with Gasteiger partial charge in [-0.1, -0.05) is 48.5 Å². The molecule has 0 radical (unpaired) electrons. The summed E-state index contributed by atoms with van der Waals surface area (Å²) in [5.74, 6) is 1.00. The Morgan fingerprint density at radius 1 is 0.773 bits per heavy atom. The zero-order valence-electron chi connectivity index (χ0n) is 13.3. The Kier molecular flexibility index (Phi) is 5.49. The summed E-state index contributed by atoms with van der Waals surface area (Å²) in [6.07, 6.45) is 5.55. The highest BCUT2D eigenvalue weighted by atomic mass is 16.5. The van der Waals surface area contributed by atoms with Crippen molar-refractivity contribution in [3.8, 4) is 16.9 Å². The van der Waals surface area contributed by atoms with E-state index in [9.17, 15) is 0 Å². The van der Waals surface area contributed by atoms with Gasteiger partial charge in [-0.15, -0.1) is 0 Å². The molecule has 0 atom stereocenters. The molecule has 1 N–H and O–H groups in total. The molecule has 0 aliphatic carbocycles. The fourth-order valence-electron chi connectivity index (χ4n) is 3.23. The maximum atomic E-state index is 6.11. The normalized spacial score (nSPS) is 16.2. The molecule has 0 saturated carbocycles. The smallest absolute Gasteiger partial charge is 0.137 e. The molecule has 22 heavy (non-hydrogen) atoms. The van der Waals surface area contributed by atoms with E-state index in [1.165, 1.54) is 49.9 Å². The number of hydrogen-bond acceptors (Lipinski definition) is 1. The summed E-state index contributed by atoms with van der Waals surface area (Å²) in [6, 6.07) is 18.8. The van der Waals surface area contributed by atoms with Gasteiger partial charge in [0.2, 0.25) is 0 Å². The molecule has 0 spiro atoms. The summed E-state index contributed by atoms with van der Waals surface area (Å²) in [6.45, 7) is 4.54. The first-order valence-corrected chi connectivity index (χ1v) is 8.54. The predicted molar refractivity (Wildman–Crippen MR) is 91.4 cm³/mol. The molecular formula is C20H26NO+. The lowest BCUT2D eigenvalue weighted by molar-refractivity contribution is -0.899. The first-order chi connectivity index (χ1) is 10.9. The molecule has 3 rings (SSSR count). The van der Waals surface area contributed by atoms with Gasteiger partial charge >= 0.3 is 0 Å². The molecule has 1 fully saturated rings. The fourth-order valence-corrected chi connectivity index (χ4v) is 3.23. The molecular weight excluding hydrogens is 270 g/mol. The van der Waals surface area contributed by atoms with Crippen molar-refractivity contribution in [2.45, 2.75) is 25.7 Å². The first-order valence-electron chi connectivity index (χ1n) is 8.54. The largest absolute Gasteiger partial charge is 0.487 e. The van der Waals surface area contributed by atoms with Crippen molar-refractivity contribution in [1.29, 1.82) is 0 Å². The van der Waals surface area contributed by atoms with Crippen LogP contribution >= 0.6 is 0 Å². The standard InChI is InChI=1S/C20H25NO/c1-2-9-15-21(14-8-1)16-17-22-20-13-7-6-12-19(20)18-10-4-3-5-11-18/h3-7,10-13H,1-2,8-9,14-17H2/p+1. The van der Waals surface area contributed by atoms with Crippen LogP contribution in [0.3, 0.4) is 0 Å². The van der Waals surface area contributed by atoms with Crippen molar-refractivity contribution < 1.29 is 9.64 Å². The van der Waals surface area contributed by atoms with Crippen molar-refractivity contribution in [3.05, 3.63) is 54.6 Å². The lowest BCUT2D eigenvalue weighted by Gasteiger charge is -2.18. The summed E-state index contributed by atoms with van der Waals surface area (Å²) >= 11 is 0. The Morgan fingerprint density at radius 2 is 1.45 bits per heavy atom. The maximum Gasteiger partial charge on any atom is 0.137 e. The molecule has 1 heterocycles. The van der Waals surface area contributed by atoms with E-state index in [1.54, 1.807) is 4.90 Å². The second-order valence-corrected chi connectivity index (χ2v) is 6.12. The van der Waals surface area contributed by atoms with Crippen molar-refractivity contribution in [2.24, 2.45) is 0 Å². The Hall–Kier alpha value is -1.80. The van der Waals surface area contributed by atoms with Crippen LogP contribution in [0.1, 0.15) is 25.7 Å². The number of para-hydroxylation sites is 1. The molecule has 0 amide bonds. The zero-order valence-corrected chi connectivity index (χ0v) is 13.3. The monoisotopic (exact) mass is 296 g/mol. The van der Waals surface area contributed by atoms with E-state index in [0.29, 0.717) is 0 Å². The number of nitrogens with one attached hydrogen (secondary N) is 1. The van der Waals surface area contributed by atoms with Crippen LogP contribution in [0.5, 0.6) is 5.75 Å². The third-order valence-electron chi connectivity index (χ3n) is 4.50. The molecule has 1 saturated heterocycles. The number of likely N-dealkylation sites (tertiary alicyclic amines) is 1. The summed E-state index contributed by atoms with van der Waals surface area (Å²) < 4.78 is 6.11. The van der Waals surface area contributed by atoms with Crippen molar-refractivity contribution in [2.75, 3.05) is 26.2 Å². The van der Waals surface area contributed by atoms with E-state index in [-0.39, 0.29) is 0 Å². The van der Waals surface area contributed by atoms with Crippen LogP contribution in [-0.4, -0.2) is 26.2 Å². The van der Waals surface area contributed by atoms with Gasteiger partial charge in [0.1, 0.15) is 18.9 Å². The minimum Gasteiger partial charge on any atom is -0.487 e. The Balaban J connectivity index is 1.61. The minimum absolute atomic E-state index is 0.805. The molecule has 116 valence electrons. The second-order valence-electron chi connectivity index (χ2n) is 6.12. The second kappa shape index (κ2) is 8.00. The highest BCUT2D eigenvalue weighted by molar-refractivity contribution is 5.70. The quantitative estimate of drug-likeness (QED) is 0.894. The number of benzene rings is 2. The third-order valence-corrected chi connectivity index (χ3v) is 4.50. The van der Waals surface area contributed by atoms with Crippen LogP contribution in [0.15, 0.2) is 54.6 Å². The van der Waals surface area contributed by atoms with Crippen molar-refractivity contribution >= 4 is 0 Å². The molecule has 1 aliphatic heterocycles. The third kappa shape index (κ3) is 4.11. The highest BCUT2D eigenvalue weighted by Crippen LogP contribution is 2.29. The van der Waals surface area contributed by atoms with Crippen LogP contribution in [0, 0.1) is 0 Å². The van der Waals surface area contributed by atoms with Crippen LogP contribution < -0.4 is 9.64 Å². The topological polar surface area (TPSA) is 13.7 Å². The summed E-state index contributed by atoms with van der Waals surface area (Å²) in [5.41, 5.74) is 2.41. The van der Waals surface area contributed by atoms with Crippen molar-refractivity contribution in [3.63, 3.8) is 0 Å². The van der Waals surface area contributed by atoms with Crippen LogP contribution in [0.25, 0.3) is 11.1 Å². The summed E-state index contributed by atoms with van der Waals surface area (Å²) in [4.78, 5) is 1.70. The maximum absolute atomic E-state index is 6.11. The van der Waals surface area contributed by atoms with Gasteiger partial charge in [0.15, 0.2) is 0 Å². The molecule has 0 aromatic heterocycles. The molecule has 2 aromatic rings. The van der Waals surface area contributed by atoms with Gasteiger partial charge in [-0.3, -0.25) is 0 Å². The number of hydrogen-bond donors (Lipinski definition) is 1. The average Bonchev–Trinajstić information content (AvgIpc) is 2.85. The van der Waals surface area contributed by atoms with Gasteiger partial charge in [0, 0.05) is 5.56 Å². The SMILES string of the molecule is c1ccc(-c2ccccc2OCC[NH+]2CCCCCC2)cc1. The number of quaternary nitrogens is 1. The van der Waals surface area contributed by atoms with Gasteiger partial charge in [-0.05, 0) is 37.3 Å². The van der Waals surface area contributed by atoms with Gasteiger partial charge in [-0.2, -0.15) is 0 Å². The molecule has 2 heteroatoms. The highest BCUT2D eigenvalue weighted by Gasteiger charge is 2.12. The van der Waals surface area contributed by atoms with E-state index in [0.717, 1.165) is 18.9 Å². The van der Waals surface area contributed by atoms with Crippen LogP contribution in [-0.2, 0) is 0 Å². The average molecular weight is 296 g/mol. The lowest BCUT2D eigenvalue weighted by atomic mass is 10.1. The minimum atomic E-state index is 0.805. The lowest BCUT2D eigenvalue weighted by Crippen LogP contribution is -3.12. The van der Waals surface area contributed by atoms with Gasteiger partial charge < -0.3 is 9.64 Å². The van der Waals surface area contributed by atoms with E-state index >= 15 is 0 Å². The molecule has 2 aromatic carbocycles. The molecule has 2 nitrogen and oxygen atoms in total.